The van der Waals surface area contributed by atoms with Crippen LogP contribution in [-0.2, 0) is 11.2 Å². The molecule has 0 N–H and O–H groups in total. The Labute approximate surface area is 152 Å². The second-order valence-corrected chi connectivity index (χ2v) is 8.90. The molecule has 1 aromatic rings. The SMILES string of the molecule is COc1cc(C)cc2c1CC[C@](C)(CC[C@@H]1C(=O)CCCC1(C)C)O2. The van der Waals surface area contributed by atoms with Gasteiger partial charge in [-0.25, -0.2) is 0 Å². The molecule has 138 valence electrons. The fraction of sp³-hybridized carbons (Fsp3) is 0.682. The number of Topliss-reactive ketones (excluding diaryl/α,β-unsaturated/α-hetero) is 1. The van der Waals surface area contributed by atoms with Gasteiger partial charge in [0.15, 0.2) is 0 Å². The highest BCUT2D eigenvalue weighted by atomic mass is 16.5. The number of carbonyl (C=O) groups excluding carboxylic acids is 1. The number of ketones is 1. The zero-order chi connectivity index (χ0) is 18.2. The summed E-state index contributed by atoms with van der Waals surface area (Å²) in [5, 5.41) is 0. The minimum Gasteiger partial charge on any atom is -0.496 e. The van der Waals surface area contributed by atoms with Gasteiger partial charge in [-0.2, -0.15) is 0 Å². The predicted molar refractivity (Wildman–Crippen MR) is 100 cm³/mol. The lowest BCUT2D eigenvalue weighted by Crippen LogP contribution is -2.40. The number of carbonyl (C=O) groups is 1. The van der Waals surface area contributed by atoms with Crippen LogP contribution in [0.4, 0.5) is 0 Å². The third kappa shape index (κ3) is 3.70. The maximum Gasteiger partial charge on any atom is 0.136 e. The average Bonchev–Trinajstić information content (AvgIpc) is 2.52. The average molecular weight is 344 g/mol. The second kappa shape index (κ2) is 6.66. The lowest BCUT2D eigenvalue weighted by molar-refractivity contribution is -0.130. The van der Waals surface area contributed by atoms with Gasteiger partial charge in [-0.05, 0) is 75.5 Å². The van der Waals surface area contributed by atoms with Gasteiger partial charge in [-0.15, -0.1) is 0 Å². The molecule has 0 aromatic heterocycles. The number of hydrogen-bond donors (Lipinski definition) is 0. The summed E-state index contributed by atoms with van der Waals surface area (Å²) in [5.41, 5.74) is 2.26. The van der Waals surface area contributed by atoms with Crippen molar-refractivity contribution in [1.29, 1.82) is 0 Å². The number of methoxy groups -OCH3 is 1. The Balaban J connectivity index is 1.74. The van der Waals surface area contributed by atoms with Crippen LogP contribution >= 0.6 is 0 Å². The number of aryl methyl sites for hydroxylation is 1. The van der Waals surface area contributed by atoms with Gasteiger partial charge < -0.3 is 9.47 Å². The first-order valence-electron chi connectivity index (χ1n) is 9.63. The smallest absolute Gasteiger partial charge is 0.136 e. The van der Waals surface area contributed by atoms with Crippen LogP contribution in [0.1, 0.15) is 70.4 Å². The fourth-order valence-electron chi connectivity index (χ4n) is 4.66. The molecule has 0 unspecified atom stereocenters. The Morgan fingerprint density at radius 1 is 1.20 bits per heavy atom. The summed E-state index contributed by atoms with van der Waals surface area (Å²) in [5.74, 6) is 2.52. The summed E-state index contributed by atoms with van der Waals surface area (Å²) in [6.45, 7) is 8.77. The largest absolute Gasteiger partial charge is 0.496 e. The molecule has 0 bridgehead atoms. The normalized spacial score (nSPS) is 28.2. The van der Waals surface area contributed by atoms with E-state index in [4.69, 9.17) is 9.47 Å². The molecular formula is C22H32O3. The summed E-state index contributed by atoms with van der Waals surface area (Å²) in [4.78, 5) is 12.5. The molecule has 1 saturated carbocycles. The summed E-state index contributed by atoms with van der Waals surface area (Å²) in [6.07, 6.45) is 6.76. The third-order valence-electron chi connectivity index (χ3n) is 6.33. The molecule has 25 heavy (non-hydrogen) atoms. The molecule has 1 aliphatic carbocycles. The topological polar surface area (TPSA) is 35.5 Å². The number of ether oxygens (including phenoxy) is 2. The molecule has 1 fully saturated rings. The van der Waals surface area contributed by atoms with Crippen LogP contribution in [0.3, 0.4) is 0 Å². The number of benzene rings is 1. The molecule has 0 saturated heterocycles. The highest BCUT2D eigenvalue weighted by molar-refractivity contribution is 5.82. The molecular weight excluding hydrogens is 312 g/mol. The zero-order valence-corrected chi connectivity index (χ0v) is 16.4. The monoisotopic (exact) mass is 344 g/mol. The minimum atomic E-state index is -0.195. The van der Waals surface area contributed by atoms with Gasteiger partial charge in [-0.1, -0.05) is 13.8 Å². The molecule has 3 nitrogen and oxygen atoms in total. The van der Waals surface area contributed by atoms with Gasteiger partial charge in [0.05, 0.1) is 7.11 Å². The molecule has 2 aliphatic rings. The van der Waals surface area contributed by atoms with Gasteiger partial charge in [0.25, 0.3) is 0 Å². The standard InChI is InChI=1S/C22H32O3/c1-15-13-19(24-5)16-8-11-22(4,25-20(16)14-15)12-9-17-18(23)7-6-10-21(17,2)3/h13-14,17H,6-12H2,1-5H3/t17-,22-/m1/s1. The maximum absolute atomic E-state index is 12.5. The van der Waals surface area contributed by atoms with Crippen LogP contribution in [0, 0.1) is 18.3 Å². The Kier molecular flexibility index (Phi) is 4.87. The van der Waals surface area contributed by atoms with Crippen molar-refractivity contribution in [2.75, 3.05) is 7.11 Å². The zero-order valence-electron chi connectivity index (χ0n) is 16.4. The van der Waals surface area contributed by atoms with Gasteiger partial charge >= 0.3 is 0 Å². The molecule has 3 heteroatoms. The van der Waals surface area contributed by atoms with Crippen LogP contribution in [-0.4, -0.2) is 18.5 Å². The lowest BCUT2D eigenvalue weighted by atomic mass is 9.65. The van der Waals surface area contributed by atoms with Crippen LogP contribution < -0.4 is 9.47 Å². The number of fused-ring (bicyclic) bond motifs is 1. The van der Waals surface area contributed by atoms with Crippen LogP contribution in [0.25, 0.3) is 0 Å². The third-order valence-corrected chi connectivity index (χ3v) is 6.33. The molecule has 2 atom stereocenters. The first-order chi connectivity index (χ1) is 11.7. The first kappa shape index (κ1) is 18.3. The molecule has 1 aromatic carbocycles. The van der Waals surface area contributed by atoms with Crippen molar-refractivity contribution in [3.8, 4) is 11.5 Å². The van der Waals surface area contributed by atoms with E-state index < -0.39 is 0 Å². The van der Waals surface area contributed by atoms with E-state index in [1.807, 2.05) is 0 Å². The van der Waals surface area contributed by atoms with E-state index in [-0.39, 0.29) is 16.9 Å². The van der Waals surface area contributed by atoms with E-state index >= 15 is 0 Å². The molecule has 1 heterocycles. The highest BCUT2D eigenvalue weighted by Crippen LogP contribution is 2.45. The van der Waals surface area contributed by atoms with Crippen molar-refractivity contribution in [3.63, 3.8) is 0 Å². The van der Waals surface area contributed by atoms with Crippen LogP contribution in [0.2, 0.25) is 0 Å². The fourth-order valence-corrected chi connectivity index (χ4v) is 4.66. The van der Waals surface area contributed by atoms with Crippen molar-refractivity contribution >= 4 is 5.78 Å². The highest BCUT2D eigenvalue weighted by Gasteiger charge is 2.40. The summed E-state index contributed by atoms with van der Waals surface area (Å²) in [6, 6.07) is 4.19. The number of hydrogen-bond acceptors (Lipinski definition) is 3. The molecule has 0 spiro atoms. The summed E-state index contributed by atoms with van der Waals surface area (Å²) >= 11 is 0. The van der Waals surface area contributed by atoms with Crippen molar-refractivity contribution in [2.24, 2.45) is 11.3 Å². The Morgan fingerprint density at radius 3 is 2.64 bits per heavy atom. The van der Waals surface area contributed by atoms with E-state index in [1.54, 1.807) is 7.11 Å². The van der Waals surface area contributed by atoms with E-state index in [9.17, 15) is 4.79 Å². The van der Waals surface area contributed by atoms with Crippen LogP contribution in [0.15, 0.2) is 12.1 Å². The maximum atomic E-state index is 12.5. The Bertz CT molecular complexity index is 661. The molecule has 3 rings (SSSR count). The van der Waals surface area contributed by atoms with Crippen molar-refractivity contribution < 1.29 is 14.3 Å². The summed E-state index contributed by atoms with van der Waals surface area (Å²) < 4.78 is 12.0. The second-order valence-electron chi connectivity index (χ2n) is 8.90. The molecule has 0 amide bonds. The van der Waals surface area contributed by atoms with E-state index in [0.29, 0.717) is 5.78 Å². The van der Waals surface area contributed by atoms with Crippen molar-refractivity contribution in [2.45, 2.75) is 78.2 Å². The minimum absolute atomic E-state index is 0.123. The van der Waals surface area contributed by atoms with Gasteiger partial charge in [0.1, 0.15) is 22.9 Å². The predicted octanol–water partition coefficient (Wildman–Crippen LogP) is 5.26. The van der Waals surface area contributed by atoms with Gasteiger partial charge in [-0.3, -0.25) is 4.79 Å². The van der Waals surface area contributed by atoms with Gasteiger partial charge in [0, 0.05) is 17.9 Å². The quantitative estimate of drug-likeness (QED) is 0.747. The van der Waals surface area contributed by atoms with Gasteiger partial charge in [0.2, 0.25) is 0 Å². The van der Waals surface area contributed by atoms with E-state index in [0.717, 1.165) is 62.0 Å². The van der Waals surface area contributed by atoms with Crippen LogP contribution in [0.5, 0.6) is 11.5 Å². The molecule has 1 aliphatic heterocycles. The lowest BCUT2D eigenvalue weighted by Gasteiger charge is -2.41. The van der Waals surface area contributed by atoms with Crippen molar-refractivity contribution in [1.82, 2.24) is 0 Å². The Hall–Kier alpha value is -1.51. The van der Waals surface area contributed by atoms with E-state index in [2.05, 4.69) is 39.8 Å². The summed E-state index contributed by atoms with van der Waals surface area (Å²) in [7, 11) is 1.72. The van der Waals surface area contributed by atoms with Crippen molar-refractivity contribution in [3.05, 3.63) is 23.3 Å². The van der Waals surface area contributed by atoms with E-state index in [1.165, 1.54) is 5.56 Å². The molecule has 0 radical (unpaired) electrons. The Morgan fingerprint density at radius 2 is 1.96 bits per heavy atom. The first-order valence-corrected chi connectivity index (χ1v) is 9.63. The number of rotatable bonds is 4.